The van der Waals surface area contributed by atoms with Crippen molar-refractivity contribution in [1.82, 2.24) is 9.55 Å². The molecule has 0 fully saturated rings. The zero-order chi connectivity index (χ0) is 24.8. The number of nitrogens with zero attached hydrogens (tertiary/aromatic N) is 2. The predicted molar refractivity (Wildman–Crippen MR) is 137 cm³/mol. The summed E-state index contributed by atoms with van der Waals surface area (Å²) >= 11 is 0. The molecule has 9 heteroatoms. The van der Waals surface area contributed by atoms with E-state index in [9.17, 15) is 14.4 Å². The zero-order valence-electron chi connectivity index (χ0n) is 19.9. The summed E-state index contributed by atoms with van der Waals surface area (Å²) in [6.07, 6.45) is 4.29. The molecule has 2 aromatic carbocycles. The van der Waals surface area contributed by atoms with Crippen molar-refractivity contribution in [3.63, 3.8) is 0 Å². The first-order chi connectivity index (χ1) is 17.0. The molecule has 35 heavy (non-hydrogen) atoms. The molecule has 1 heterocycles. The Morgan fingerprint density at radius 2 is 1.89 bits per heavy atom. The number of rotatable bonds is 9. The lowest BCUT2D eigenvalue weighted by molar-refractivity contribution is -0.117. The number of ether oxygens (including phenoxy) is 1. The van der Waals surface area contributed by atoms with E-state index in [0.29, 0.717) is 0 Å². The number of aromatic nitrogens is 2. The molecule has 184 valence electrons. The summed E-state index contributed by atoms with van der Waals surface area (Å²) in [5, 5.41) is 3.25. The SMILES string of the molecule is COCCN(C(=O)CNc1cccc2c1CCCC2)c1c(N)n(Cc2ccccc2)c(=O)[nH]c1=O. The largest absolute Gasteiger partial charge is 0.383 e. The molecule has 0 aliphatic heterocycles. The predicted octanol–water partition coefficient (Wildman–Crippen LogP) is 2.14. The van der Waals surface area contributed by atoms with Crippen LogP contribution < -0.4 is 27.2 Å². The molecule has 1 aliphatic rings. The van der Waals surface area contributed by atoms with Crippen LogP contribution in [0.2, 0.25) is 0 Å². The Bertz CT molecular complexity index is 1300. The fourth-order valence-corrected chi connectivity index (χ4v) is 4.52. The van der Waals surface area contributed by atoms with E-state index in [4.69, 9.17) is 10.5 Å². The third-order valence-corrected chi connectivity index (χ3v) is 6.31. The van der Waals surface area contributed by atoms with E-state index < -0.39 is 11.2 Å². The van der Waals surface area contributed by atoms with E-state index in [2.05, 4.69) is 16.4 Å². The van der Waals surface area contributed by atoms with Gasteiger partial charge in [0.1, 0.15) is 5.82 Å². The first-order valence-corrected chi connectivity index (χ1v) is 11.8. The quantitative estimate of drug-likeness (QED) is 0.434. The second-order valence-electron chi connectivity index (χ2n) is 8.61. The van der Waals surface area contributed by atoms with Gasteiger partial charge < -0.3 is 20.7 Å². The number of carbonyl (C=O) groups is 1. The van der Waals surface area contributed by atoms with Crippen molar-refractivity contribution in [2.75, 3.05) is 42.8 Å². The summed E-state index contributed by atoms with van der Waals surface area (Å²) in [5.41, 5.74) is 9.24. The van der Waals surface area contributed by atoms with Crippen LogP contribution in [0.1, 0.15) is 29.5 Å². The summed E-state index contributed by atoms with van der Waals surface area (Å²) in [6, 6.07) is 15.4. The van der Waals surface area contributed by atoms with Gasteiger partial charge in [0.2, 0.25) is 5.91 Å². The number of nitrogens with two attached hydrogens (primary N) is 1. The van der Waals surface area contributed by atoms with Crippen molar-refractivity contribution in [2.45, 2.75) is 32.2 Å². The van der Waals surface area contributed by atoms with Crippen LogP contribution in [0.25, 0.3) is 0 Å². The van der Waals surface area contributed by atoms with E-state index in [1.807, 2.05) is 42.5 Å². The highest BCUT2D eigenvalue weighted by Crippen LogP contribution is 2.28. The number of anilines is 3. The van der Waals surface area contributed by atoms with Crippen molar-refractivity contribution in [3.05, 3.63) is 86.1 Å². The molecular formula is C26H31N5O4. The van der Waals surface area contributed by atoms with E-state index in [1.54, 1.807) is 0 Å². The van der Waals surface area contributed by atoms with E-state index >= 15 is 0 Å². The molecule has 1 amide bonds. The molecule has 0 spiro atoms. The van der Waals surface area contributed by atoms with Crippen LogP contribution in [0.3, 0.4) is 0 Å². The minimum atomic E-state index is -0.710. The second kappa shape index (κ2) is 11.1. The standard InChI is InChI=1S/C26H31N5O4/c1-35-15-14-30(22(32)16-28-21-13-7-11-19-10-5-6-12-20(19)21)23-24(27)31(26(34)29-25(23)33)17-18-8-3-2-4-9-18/h2-4,7-9,11,13,28H,5-6,10,12,14-17,27H2,1H3,(H,29,33,34). The van der Waals surface area contributed by atoms with Crippen molar-refractivity contribution < 1.29 is 9.53 Å². The number of fused-ring (bicyclic) bond motifs is 1. The molecule has 4 rings (SSSR count). The van der Waals surface area contributed by atoms with Gasteiger partial charge in [-0.1, -0.05) is 42.5 Å². The van der Waals surface area contributed by atoms with Crippen molar-refractivity contribution in [1.29, 1.82) is 0 Å². The minimum absolute atomic E-state index is 0.0309. The molecule has 9 nitrogen and oxygen atoms in total. The Labute approximate surface area is 203 Å². The number of H-pyrrole nitrogens is 1. The molecule has 1 aromatic heterocycles. The van der Waals surface area contributed by atoms with Gasteiger partial charge in [0, 0.05) is 19.3 Å². The van der Waals surface area contributed by atoms with E-state index in [0.717, 1.165) is 30.5 Å². The Morgan fingerprint density at radius 3 is 2.66 bits per heavy atom. The number of aryl methyl sites for hydroxylation is 1. The highest BCUT2D eigenvalue weighted by molar-refractivity contribution is 5.98. The normalized spacial score (nSPS) is 12.7. The lowest BCUT2D eigenvalue weighted by atomic mass is 9.90. The number of amides is 1. The Hall–Kier alpha value is -3.85. The van der Waals surface area contributed by atoms with E-state index in [-0.39, 0.29) is 43.7 Å². The number of benzene rings is 2. The smallest absolute Gasteiger partial charge is 0.330 e. The van der Waals surface area contributed by atoms with Crippen molar-refractivity contribution in [3.8, 4) is 0 Å². The lowest BCUT2D eigenvalue weighted by Gasteiger charge is -2.25. The van der Waals surface area contributed by atoms with Crippen molar-refractivity contribution >= 4 is 23.1 Å². The maximum absolute atomic E-state index is 13.4. The number of aromatic amines is 1. The fraction of sp³-hybridized carbons (Fsp3) is 0.346. The van der Waals surface area contributed by atoms with Crippen molar-refractivity contribution in [2.24, 2.45) is 0 Å². The van der Waals surface area contributed by atoms with Crippen LogP contribution >= 0.6 is 0 Å². The average molecular weight is 478 g/mol. The maximum Gasteiger partial charge on any atom is 0.330 e. The fourth-order valence-electron chi connectivity index (χ4n) is 4.52. The molecule has 0 radical (unpaired) electrons. The highest BCUT2D eigenvalue weighted by atomic mass is 16.5. The molecule has 0 bridgehead atoms. The van der Waals surface area contributed by atoms with Gasteiger partial charge in [0.05, 0.1) is 19.7 Å². The minimum Gasteiger partial charge on any atom is -0.383 e. The molecule has 0 atom stereocenters. The summed E-state index contributed by atoms with van der Waals surface area (Å²) in [7, 11) is 1.51. The number of hydrogen-bond donors (Lipinski definition) is 3. The van der Waals surface area contributed by atoms with Gasteiger partial charge in [-0.2, -0.15) is 0 Å². The number of nitrogens with one attached hydrogen (secondary N) is 2. The maximum atomic E-state index is 13.4. The molecule has 3 aromatic rings. The topological polar surface area (TPSA) is 122 Å². The van der Waals surface area contributed by atoms with Crippen LogP contribution in [0, 0.1) is 0 Å². The first-order valence-electron chi connectivity index (χ1n) is 11.8. The molecule has 0 saturated carbocycles. The summed E-state index contributed by atoms with van der Waals surface area (Å²) < 4.78 is 6.44. The Morgan fingerprint density at radius 1 is 1.11 bits per heavy atom. The zero-order valence-corrected chi connectivity index (χ0v) is 19.9. The third-order valence-electron chi connectivity index (χ3n) is 6.31. The summed E-state index contributed by atoms with van der Waals surface area (Å²) in [4.78, 5) is 42.4. The van der Waals surface area contributed by atoms with Gasteiger partial charge >= 0.3 is 5.69 Å². The molecule has 0 saturated heterocycles. The summed E-state index contributed by atoms with van der Waals surface area (Å²) in [5.74, 6) is -0.415. The Kier molecular flexibility index (Phi) is 7.67. The highest BCUT2D eigenvalue weighted by Gasteiger charge is 2.24. The van der Waals surface area contributed by atoms with Gasteiger partial charge in [-0.3, -0.25) is 19.1 Å². The van der Waals surface area contributed by atoms with E-state index in [1.165, 1.54) is 34.1 Å². The van der Waals surface area contributed by atoms with Gasteiger partial charge in [0.25, 0.3) is 5.56 Å². The number of methoxy groups -OCH3 is 1. The van der Waals surface area contributed by atoms with Crippen LogP contribution in [-0.4, -0.2) is 42.3 Å². The van der Waals surface area contributed by atoms with Gasteiger partial charge in [-0.15, -0.1) is 0 Å². The van der Waals surface area contributed by atoms with Crippen LogP contribution in [0.4, 0.5) is 17.2 Å². The van der Waals surface area contributed by atoms with Crippen LogP contribution in [0.5, 0.6) is 0 Å². The summed E-state index contributed by atoms with van der Waals surface area (Å²) in [6.45, 7) is 0.441. The average Bonchev–Trinajstić information content (AvgIpc) is 2.87. The molecule has 1 aliphatic carbocycles. The molecule has 0 unspecified atom stereocenters. The molecule has 4 N–H and O–H groups in total. The first kappa shape index (κ1) is 24.3. The second-order valence-corrected chi connectivity index (χ2v) is 8.61. The van der Waals surface area contributed by atoms with Gasteiger partial charge in [-0.05, 0) is 48.4 Å². The number of hydrogen-bond acceptors (Lipinski definition) is 6. The lowest BCUT2D eigenvalue weighted by Crippen LogP contribution is -2.44. The van der Waals surface area contributed by atoms with Crippen LogP contribution in [-0.2, 0) is 28.9 Å². The van der Waals surface area contributed by atoms with Crippen LogP contribution in [0.15, 0.2) is 58.1 Å². The number of carbonyl (C=O) groups excluding carboxylic acids is 1. The monoisotopic (exact) mass is 477 g/mol. The van der Waals surface area contributed by atoms with Gasteiger partial charge in [0.15, 0.2) is 5.69 Å². The molecular weight excluding hydrogens is 446 g/mol. The Balaban J connectivity index is 1.63. The number of nitrogen functional groups attached to an aromatic ring is 1. The van der Waals surface area contributed by atoms with Gasteiger partial charge in [-0.25, -0.2) is 4.79 Å². The third kappa shape index (κ3) is 5.46.